The molecule has 0 saturated carbocycles. The highest BCUT2D eigenvalue weighted by Gasteiger charge is 2.26. The summed E-state index contributed by atoms with van der Waals surface area (Å²) in [6.07, 6.45) is 0.263. The number of amides is 1. The molecular weight excluding hydrogens is 313 g/mol. The number of guanidine groups is 1. The van der Waals surface area contributed by atoms with Gasteiger partial charge < -0.3 is 16.8 Å². The van der Waals surface area contributed by atoms with Crippen LogP contribution in [0.3, 0.4) is 0 Å². The van der Waals surface area contributed by atoms with E-state index in [1.54, 1.807) is 0 Å². The van der Waals surface area contributed by atoms with Gasteiger partial charge in [-0.15, -0.1) is 0 Å². The Morgan fingerprint density at radius 1 is 1.26 bits per heavy atom. The Labute approximate surface area is 131 Å². The Bertz CT molecular complexity index is 547. The summed E-state index contributed by atoms with van der Waals surface area (Å²) in [6.45, 7) is -1.36. The number of alkyl halides is 3. The van der Waals surface area contributed by atoms with Crippen LogP contribution in [0, 0.1) is 0 Å². The molecule has 0 atom stereocenters. The van der Waals surface area contributed by atoms with Crippen molar-refractivity contribution in [3.8, 4) is 0 Å². The highest BCUT2D eigenvalue weighted by atomic mass is 19.4. The maximum absolute atomic E-state index is 12.0. The second-order valence-corrected chi connectivity index (χ2v) is 4.83. The van der Waals surface area contributed by atoms with E-state index in [1.807, 2.05) is 0 Å². The van der Waals surface area contributed by atoms with Crippen molar-refractivity contribution in [3.63, 3.8) is 0 Å². The Morgan fingerprint density at radius 3 is 2.65 bits per heavy atom. The second-order valence-electron chi connectivity index (χ2n) is 4.83. The number of aromatic nitrogens is 2. The SMILES string of the molecule is NC(=O)CCCCCc1nccc(NC(N)=NCC(F)(F)F)n1. The fourth-order valence-corrected chi connectivity index (χ4v) is 1.69. The van der Waals surface area contributed by atoms with Gasteiger partial charge in [-0.05, 0) is 18.9 Å². The van der Waals surface area contributed by atoms with Crippen LogP contribution >= 0.6 is 0 Å². The maximum Gasteiger partial charge on any atom is 0.408 e. The average Bonchev–Trinajstić information content (AvgIpc) is 2.44. The average molecular weight is 332 g/mol. The van der Waals surface area contributed by atoms with Crippen LogP contribution in [-0.4, -0.2) is 34.6 Å². The molecule has 1 amide bonds. The molecule has 23 heavy (non-hydrogen) atoms. The molecule has 0 aromatic carbocycles. The number of unbranched alkanes of at least 4 members (excludes halogenated alkanes) is 2. The predicted molar refractivity (Wildman–Crippen MR) is 79.6 cm³/mol. The van der Waals surface area contributed by atoms with Gasteiger partial charge in [0.05, 0.1) is 0 Å². The Morgan fingerprint density at radius 2 is 2.00 bits per heavy atom. The topological polar surface area (TPSA) is 119 Å². The standard InChI is InChI=1S/C13H19F3N6O/c14-13(15,16)8-20-12(18)22-11-6-7-19-10(21-11)5-3-1-2-4-9(17)23/h6-7H,1-5,8H2,(H2,17,23)(H3,18,19,20,21,22). The van der Waals surface area contributed by atoms with Crippen molar-refractivity contribution < 1.29 is 18.0 Å². The third kappa shape index (κ3) is 9.27. The number of carbonyl (C=O) groups excluding carboxylic acids is 1. The number of carbonyl (C=O) groups is 1. The van der Waals surface area contributed by atoms with Gasteiger partial charge in [0.25, 0.3) is 0 Å². The van der Waals surface area contributed by atoms with Crippen LogP contribution in [-0.2, 0) is 11.2 Å². The maximum atomic E-state index is 12.0. The minimum atomic E-state index is -4.41. The van der Waals surface area contributed by atoms with Crippen molar-refractivity contribution >= 4 is 17.7 Å². The molecule has 0 aliphatic carbocycles. The third-order valence-corrected chi connectivity index (χ3v) is 2.71. The van der Waals surface area contributed by atoms with Crippen molar-refractivity contribution in [3.05, 3.63) is 18.1 Å². The molecule has 1 aromatic heterocycles. The second kappa shape index (κ2) is 8.91. The number of primary amides is 1. The molecule has 1 heterocycles. The lowest BCUT2D eigenvalue weighted by Gasteiger charge is -2.07. The lowest BCUT2D eigenvalue weighted by molar-refractivity contribution is -0.119. The Balaban J connectivity index is 2.45. The molecule has 0 saturated heterocycles. The molecule has 128 valence electrons. The molecule has 0 fully saturated rings. The first kappa shape index (κ1) is 18.7. The van der Waals surface area contributed by atoms with Gasteiger partial charge in [-0.3, -0.25) is 4.79 Å². The lowest BCUT2D eigenvalue weighted by atomic mass is 10.1. The number of hydrogen-bond donors (Lipinski definition) is 3. The number of aliphatic imine (C=N–C) groups is 1. The molecular formula is C13H19F3N6O. The summed E-state index contributed by atoms with van der Waals surface area (Å²) in [5.74, 6) is 0.0998. The van der Waals surface area contributed by atoms with Crippen molar-refractivity contribution in [2.75, 3.05) is 11.9 Å². The number of rotatable bonds is 8. The summed E-state index contributed by atoms with van der Waals surface area (Å²) in [5, 5.41) is 2.49. The number of nitrogens with zero attached hydrogens (tertiary/aromatic N) is 3. The first-order valence-electron chi connectivity index (χ1n) is 7.00. The first-order valence-corrected chi connectivity index (χ1v) is 7.00. The number of aryl methyl sites for hydroxylation is 1. The highest BCUT2D eigenvalue weighted by Crippen LogP contribution is 2.14. The number of hydrogen-bond acceptors (Lipinski definition) is 4. The zero-order valence-electron chi connectivity index (χ0n) is 12.4. The molecule has 0 radical (unpaired) electrons. The van der Waals surface area contributed by atoms with Crippen LogP contribution in [0.5, 0.6) is 0 Å². The van der Waals surface area contributed by atoms with Crippen LogP contribution in [0.4, 0.5) is 19.0 Å². The lowest BCUT2D eigenvalue weighted by Crippen LogP contribution is -2.26. The molecule has 7 nitrogen and oxygen atoms in total. The van der Waals surface area contributed by atoms with Crippen LogP contribution in [0.15, 0.2) is 17.3 Å². The molecule has 0 bridgehead atoms. The van der Waals surface area contributed by atoms with Gasteiger partial charge in [-0.2, -0.15) is 13.2 Å². The van der Waals surface area contributed by atoms with Crippen molar-refractivity contribution in [2.45, 2.75) is 38.3 Å². The van der Waals surface area contributed by atoms with Crippen LogP contribution < -0.4 is 16.8 Å². The molecule has 10 heteroatoms. The van der Waals surface area contributed by atoms with Crippen molar-refractivity contribution in [1.29, 1.82) is 0 Å². The van der Waals surface area contributed by atoms with Crippen LogP contribution in [0.1, 0.15) is 31.5 Å². The van der Waals surface area contributed by atoms with Gasteiger partial charge in [0.1, 0.15) is 18.2 Å². The van der Waals surface area contributed by atoms with Crippen molar-refractivity contribution in [1.82, 2.24) is 9.97 Å². The highest BCUT2D eigenvalue weighted by molar-refractivity contribution is 5.91. The van der Waals surface area contributed by atoms with E-state index in [0.717, 1.165) is 12.8 Å². The number of nitrogens with one attached hydrogen (secondary N) is 1. The van der Waals surface area contributed by atoms with E-state index in [2.05, 4.69) is 20.3 Å². The number of halogens is 3. The van der Waals surface area contributed by atoms with E-state index >= 15 is 0 Å². The van der Waals surface area contributed by atoms with Gasteiger partial charge >= 0.3 is 6.18 Å². The normalized spacial score (nSPS) is 12.2. The fourth-order valence-electron chi connectivity index (χ4n) is 1.69. The van der Waals surface area contributed by atoms with Gasteiger partial charge in [0.15, 0.2) is 5.96 Å². The van der Waals surface area contributed by atoms with E-state index in [9.17, 15) is 18.0 Å². The Kier molecular flexibility index (Phi) is 7.23. The molecule has 0 spiro atoms. The first-order chi connectivity index (χ1) is 10.8. The summed E-state index contributed by atoms with van der Waals surface area (Å²) in [4.78, 5) is 22.0. The minimum Gasteiger partial charge on any atom is -0.370 e. The summed E-state index contributed by atoms with van der Waals surface area (Å²) < 4.78 is 36.1. The zero-order valence-corrected chi connectivity index (χ0v) is 12.4. The van der Waals surface area contributed by atoms with Gasteiger partial charge in [-0.1, -0.05) is 6.42 Å². The van der Waals surface area contributed by atoms with Crippen LogP contribution in [0.25, 0.3) is 0 Å². The Hall–Kier alpha value is -2.39. The number of nitrogens with two attached hydrogens (primary N) is 2. The van der Waals surface area contributed by atoms with E-state index in [4.69, 9.17) is 11.5 Å². The number of anilines is 1. The molecule has 5 N–H and O–H groups in total. The van der Waals surface area contributed by atoms with Crippen molar-refractivity contribution in [2.24, 2.45) is 16.5 Å². The van der Waals surface area contributed by atoms with Gasteiger partial charge in [0.2, 0.25) is 5.91 Å². The third-order valence-electron chi connectivity index (χ3n) is 2.71. The largest absolute Gasteiger partial charge is 0.408 e. The van der Waals surface area contributed by atoms with E-state index in [-0.39, 0.29) is 17.7 Å². The van der Waals surface area contributed by atoms with E-state index in [0.29, 0.717) is 25.1 Å². The van der Waals surface area contributed by atoms with Crippen LogP contribution in [0.2, 0.25) is 0 Å². The monoisotopic (exact) mass is 332 g/mol. The minimum absolute atomic E-state index is 0.274. The summed E-state index contributed by atoms with van der Waals surface area (Å²) in [6, 6.07) is 1.48. The smallest absolute Gasteiger partial charge is 0.370 e. The zero-order chi connectivity index (χ0) is 17.3. The fraction of sp³-hybridized carbons (Fsp3) is 0.538. The molecule has 0 aliphatic rings. The van der Waals surface area contributed by atoms with Gasteiger partial charge in [-0.25, -0.2) is 15.0 Å². The molecule has 0 aliphatic heterocycles. The van der Waals surface area contributed by atoms with Gasteiger partial charge in [0, 0.05) is 19.0 Å². The summed E-state index contributed by atoms with van der Waals surface area (Å²) >= 11 is 0. The predicted octanol–water partition coefficient (Wildman–Crippen LogP) is 1.35. The van der Waals surface area contributed by atoms with E-state index < -0.39 is 12.7 Å². The molecule has 0 unspecified atom stereocenters. The summed E-state index contributed by atoms with van der Waals surface area (Å²) in [7, 11) is 0. The molecule has 1 aromatic rings. The molecule has 1 rings (SSSR count). The summed E-state index contributed by atoms with van der Waals surface area (Å²) in [5.41, 5.74) is 10.4. The quantitative estimate of drug-likeness (QED) is 0.377. The van der Waals surface area contributed by atoms with E-state index in [1.165, 1.54) is 12.3 Å².